The van der Waals surface area contributed by atoms with Gasteiger partial charge in [0.15, 0.2) is 0 Å². The van der Waals surface area contributed by atoms with Gasteiger partial charge in [-0.25, -0.2) is 0 Å². The molecule has 1 aromatic carbocycles. The topological polar surface area (TPSA) is 29.5 Å². The van der Waals surface area contributed by atoms with Crippen molar-refractivity contribution in [1.29, 1.82) is 0 Å². The lowest BCUT2D eigenvalue weighted by Crippen LogP contribution is -1.97. The van der Waals surface area contributed by atoms with Crippen LogP contribution >= 0.6 is 0 Å². The van der Waals surface area contributed by atoms with E-state index in [0.717, 1.165) is 24.2 Å². The second-order valence-corrected chi connectivity index (χ2v) is 3.27. The van der Waals surface area contributed by atoms with E-state index in [9.17, 15) is 5.11 Å². The number of benzene rings is 1. The maximum atomic E-state index is 9.18. The van der Waals surface area contributed by atoms with Crippen LogP contribution in [0.15, 0.2) is 18.2 Å². The minimum absolute atomic E-state index is 0.0935. The van der Waals surface area contributed by atoms with E-state index < -0.39 is 0 Å². The molecule has 0 aromatic heterocycles. The summed E-state index contributed by atoms with van der Waals surface area (Å²) in [4.78, 5) is 0. The number of hydrogen-bond donors (Lipinski definition) is 1. The lowest BCUT2D eigenvalue weighted by molar-refractivity contribution is 0.278. The molecule has 0 saturated heterocycles. The Balaban J connectivity index is 2.87. The van der Waals surface area contributed by atoms with Crippen LogP contribution in [0.2, 0.25) is 0 Å². The van der Waals surface area contributed by atoms with Crippen molar-refractivity contribution in [1.82, 2.24) is 0 Å². The van der Waals surface area contributed by atoms with Crippen molar-refractivity contribution >= 4 is 0 Å². The first-order valence-corrected chi connectivity index (χ1v) is 5.17. The third-order valence-corrected chi connectivity index (χ3v) is 2.18. The number of rotatable bonds is 5. The summed E-state index contributed by atoms with van der Waals surface area (Å²) >= 11 is 0. The molecule has 1 N–H and O–H groups in total. The standard InChI is InChI=1S/C12H18O2/c1-3-5-10-6-7-12(14-4-2)8-11(10)9-13/h6-8,13H,3-5,9H2,1-2H3. The van der Waals surface area contributed by atoms with Crippen LogP contribution in [0.3, 0.4) is 0 Å². The molecule has 0 heterocycles. The van der Waals surface area contributed by atoms with Gasteiger partial charge in [0, 0.05) is 0 Å². The fraction of sp³-hybridized carbons (Fsp3) is 0.500. The number of aliphatic hydroxyl groups is 1. The zero-order valence-electron chi connectivity index (χ0n) is 8.92. The fourth-order valence-corrected chi connectivity index (χ4v) is 1.52. The van der Waals surface area contributed by atoms with Crippen LogP contribution in [-0.2, 0) is 13.0 Å². The first kappa shape index (κ1) is 11.1. The smallest absolute Gasteiger partial charge is 0.119 e. The molecule has 0 aliphatic carbocycles. The summed E-state index contributed by atoms with van der Waals surface area (Å²) in [6.45, 7) is 4.85. The van der Waals surface area contributed by atoms with Gasteiger partial charge in [-0.05, 0) is 36.6 Å². The molecule has 0 fully saturated rings. The highest BCUT2D eigenvalue weighted by molar-refractivity contribution is 5.35. The summed E-state index contributed by atoms with van der Waals surface area (Å²) in [5.74, 6) is 0.844. The molecule has 1 aromatic rings. The highest BCUT2D eigenvalue weighted by Gasteiger charge is 2.02. The number of ether oxygens (including phenoxy) is 1. The van der Waals surface area contributed by atoms with Gasteiger partial charge in [-0.3, -0.25) is 0 Å². The molecule has 14 heavy (non-hydrogen) atoms. The molecule has 0 unspecified atom stereocenters. The van der Waals surface area contributed by atoms with Crippen molar-refractivity contribution in [2.24, 2.45) is 0 Å². The van der Waals surface area contributed by atoms with Crippen LogP contribution in [0.5, 0.6) is 5.75 Å². The van der Waals surface area contributed by atoms with E-state index in [2.05, 4.69) is 6.92 Å². The van der Waals surface area contributed by atoms with Gasteiger partial charge >= 0.3 is 0 Å². The Kier molecular flexibility index (Phi) is 4.47. The fourth-order valence-electron chi connectivity index (χ4n) is 1.52. The molecule has 0 aliphatic rings. The Hall–Kier alpha value is -1.02. The maximum Gasteiger partial charge on any atom is 0.119 e. The van der Waals surface area contributed by atoms with Crippen LogP contribution in [0.1, 0.15) is 31.4 Å². The van der Waals surface area contributed by atoms with Gasteiger partial charge in [0.1, 0.15) is 5.75 Å². The lowest BCUT2D eigenvalue weighted by Gasteiger charge is -2.09. The van der Waals surface area contributed by atoms with Gasteiger partial charge in [-0.15, -0.1) is 0 Å². The minimum atomic E-state index is 0.0935. The Bertz CT molecular complexity index is 282. The summed E-state index contributed by atoms with van der Waals surface area (Å²) in [5, 5.41) is 9.18. The average molecular weight is 194 g/mol. The van der Waals surface area contributed by atoms with E-state index in [1.165, 1.54) is 5.56 Å². The summed E-state index contributed by atoms with van der Waals surface area (Å²) in [5.41, 5.74) is 2.20. The monoisotopic (exact) mass is 194 g/mol. The third kappa shape index (κ3) is 2.74. The number of aliphatic hydroxyl groups excluding tert-OH is 1. The van der Waals surface area contributed by atoms with E-state index in [-0.39, 0.29) is 6.61 Å². The van der Waals surface area contributed by atoms with Crippen molar-refractivity contribution in [3.63, 3.8) is 0 Å². The summed E-state index contributed by atoms with van der Waals surface area (Å²) in [6, 6.07) is 5.93. The molecular formula is C12H18O2. The van der Waals surface area contributed by atoms with Crippen molar-refractivity contribution in [2.45, 2.75) is 33.3 Å². The molecule has 0 bridgehead atoms. The van der Waals surface area contributed by atoms with Crippen LogP contribution in [0.4, 0.5) is 0 Å². The van der Waals surface area contributed by atoms with Crippen LogP contribution < -0.4 is 4.74 Å². The Labute approximate surface area is 85.5 Å². The summed E-state index contributed by atoms with van der Waals surface area (Å²) in [7, 11) is 0. The molecule has 0 radical (unpaired) electrons. The quantitative estimate of drug-likeness (QED) is 0.780. The maximum absolute atomic E-state index is 9.18. The average Bonchev–Trinajstić information content (AvgIpc) is 2.21. The van der Waals surface area contributed by atoms with Crippen molar-refractivity contribution in [2.75, 3.05) is 6.61 Å². The normalized spacial score (nSPS) is 10.2. The van der Waals surface area contributed by atoms with Crippen LogP contribution in [0.25, 0.3) is 0 Å². The number of hydrogen-bond acceptors (Lipinski definition) is 2. The third-order valence-electron chi connectivity index (χ3n) is 2.18. The molecular weight excluding hydrogens is 176 g/mol. The molecule has 0 atom stereocenters. The highest BCUT2D eigenvalue weighted by atomic mass is 16.5. The van der Waals surface area contributed by atoms with Crippen LogP contribution in [0, 0.1) is 0 Å². The second kappa shape index (κ2) is 5.66. The minimum Gasteiger partial charge on any atom is -0.494 e. The van der Waals surface area contributed by atoms with Gasteiger partial charge in [-0.2, -0.15) is 0 Å². The second-order valence-electron chi connectivity index (χ2n) is 3.27. The van der Waals surface area contributed by atoms with E-state index in [1.807, 2.05) is 25.1 Å². The van der Waals surface area contributed by atoms with Gasteiger partial charge in [0.25, 0.3) is 0 Å². The van der Waals surface area contributed by atoms with Crippen LogP contribution in [-0.4, -0.2) is 11.7 Å². The number of aryl methyl sites for hydroxylation is 1. The highest BCUT2D eigenvalue weighted by Crippen LogP contribution is 2.19. The summed E-state index contributed by atoms with van der Waals surface area (Å²) in [6.07, 6.45) is 2.11. The SMILES string of the molecule is CCCc1ccc(OCC)cc1CO. The van der Waals surface area contributed by atoms with E-state index in [0.29, 0.717) is 6.61 Å². The zero-order valence-corrected chi connectivity index (χ0v) is 8.92. The first-order valence-electron chi connectivity index (χ1n) is 5.17. The Morgan fingerprint density at radius 3 is 2.57 bits per heavy atom. The molecule has 0 saturated carbocycles. The predicted octanol–water partition coefficient (Wildman–Crippen LogP) is 2.53. The van der Waals surface area contributed by atoms with Crippen molar-refractivity contribution in [3.05, 3.63) is 29.3 Å². The van der Waals surface area contributed by atoms with Crippen molar-refractivity contribution in [3.8, 4) is 5.75 Å². The Morgan fingerprint density at radius 1 is 1.21 bits per heavy atom. The van der Waals surface area contributed by atoms with E-state index in [1.54, 1.807) is 0 Å². The zero-order chi connectivity index (χ0) is 10.4. The molecule has 1 rings (SSSR count). The van der Waals surface area contributed by atoms with Crippen molar-refractivity contribution < 1.29 is 9.84 Å². The predicted molar refractivity (Wildman–Crippen MR) is 57.5 cm³/mol. The lowest BCUT2D eigenvalue weighted by atomic mass is 10.0. The van der Waals surface area contributed by atoms with Gasteiger partial charge in [0.05, 0.1) is 13.2 Å². The first-order chi connectivity index (χ1) is 6.81. The molecule has 2 heteroatoms. The van der Waals surface area contributed by atoms with Gasteiger partial charge in [-0.1, -0.05) is 19.4 Å². The van der Waals surface area contributed by atoms with E-state index in [4.69, 9.17) is 4.74 Å². The summed E-state index contributed by atoms with van der Waals surface area (Å²) < 4.78 is 5.37. The Morgan fingerprint density at radius 2 is 2.00 bits per heavy atom. The molecule has 0 spiro atoms. The van der Waals surface area contributed by atoms with E-state index >= 15 is 0 Å². The molecule has 78 valence electrons. The largest absolute Gasteiger partial charge is 0.494 e. The molecule has 0 aliphatic heterocycles. The van der Waals surface area contributed by atoms with Gasteiger partial charge < -0.3 is 9.84 Å². The molecule has 0 amide bonds. The van der Waals surface area contributed by atoms with Gasteiger partial charge in [0.2, 0.25) is 0 Å². The molecule has 2 nitrogen and oxygen atoms in total.